The van der Waals surface area contributed by atoms with Crippen LogP contribution in [0.15, 0.2) is 4.99 Å². The summed E-state index contributed by atoms with van der Waals surface area (Å²) in [4.78, 5) is 18.0. The van der Waals surface area contributed by atoms with Crippen LogP contribution in [-0.4, -0.2) is 75.5 Å². The Bertz CT molecular complexity index is 580. The highest BCUT2D eigenvalue weighted by atomic mass is 32.2. The molecule has 0 bridgehead atoms. The molecule has 0 unspecified atom stereocenters. The highest BCUT2D eigenvalue weighted by molar-refractivity contribution is 7.89. The zero-order chi connectivity index (χ0) is 19.8. The van der Waals surface area contributed by atoms with Gasteiger partial charge in [-0.2, -0.15) is 0 Å². The Labute approximate surface area is 157 Å². The van der Waals surface area contributed by atoms with Crippen molar-refractivity contribution in [2.75, 3.05) is 38.5 Å². The fraction of sp³-hybridized carbons (Fsp3) is 0.875. The van der Waals surface area contributed by atoms with Crippen LogP contribution in [-0.2, 0) is 14.8 Å². The Balaban J connectivity index is 2.34. The molecule has 0 aromatic heterocycles. The summed E-state index contributed by atoms with van der Waals surface area (Å²) >= 11 is 0. The summed E-state index contributed by atoms with van der Waals surface area (Å²) in [6.45, 7) is 11.8. The van der Waals surface area contributed by atoms with E-state index in [2.05, 4.69) is 20.3 Å². The van der Waals surface area contributed by atoms with Gasteiger partial charge in [-0.05, 0) is 41.0 Å². The van der Waals surface area contributed by atoms with Gasteiger partial charge in [-0.15, -0.1) is 0 Å². The van der Waals surface area contributed by atoms with Crippen molar-refractivity contribution in [2.24, 2.45) is 4.99 Å². The summed E-state index contributed by atoms with van der Waals surface area (Å²) in [5, 5.41) is 6.42. The van der Waals surface area contributed by atoms with Gasteiger partial charge in [0.15, 0.2) is 5.96 Å². The third-order valence-corrected chi connectivity index (χ3v) is 4.93. The molecule has 1 aliphatic heterocycles. The molecule has 1 amide bonds. The zero-order valence-corrected chi connectivity index (χ0v) is 17.3. The van der Waals surface area contributed by atoms with Gasteiger partial charge in [0.1, 0.15) is 5.60 Å². The minimum atomic E-state index is -3.15. The second-order valence-corrected chi connectivity index (χ2v) is 9.23. The Hall–Kier alpha value is -1.55. The molecule has 1 rings (SSSR count). The normalized spacial score (nSPS) is 16.2. The van der Waals surface area contributed by atoms with E-state index in [1.165, 1.54) is 0 Å². The molecule has 1 fully saturated rings. The van der Waals surface area contributed by atoms with E-state index in [1.54, 1.807) is 11.8 Å². The second kappa shape index (κ2) is 9.96. The van der Waals surface area contributed by atoms with Crippen LogP contribution in [0, 0.1) is 0 Å². The van der Waals surface area contributed by atoms with Gasteiger partial charge in [0, 0.05) is 32.7 Å². The number of carbonyl (C=O) groups excluding carboxylic acids is 1. The van der Waals surface area contributed by atoms with Crippen molar-refractivity contribution in [3.63, 3.8) is 0 Å². The van der Waals surface area contributed by atoms with Crippen molar-refractivity contribution in [3.05, 3.63) is 0 Å². The Morgan fingerprint density at radius 1 is 1.27 bits per heavy atom. The molecular formula is C16H33N5O4S. The number of hydrogen-bond acceptors (Lipinski definition) is 5. The van der Waals surface area contributed by atoms with E-state index in [9.17, 15) is 13.2 Å². The number of carbonyl (C=O) groups is 1. The quantitative estimate of drug-likeness (QED) is 0.315. The molecular weight excluding hydrogens is 358 g/mol. The third kappa shape index (κ3) is 8.70. The van der Waals surface area contributed by atoms with Crippen LogP contribution in [0.4, 0.5) is 4.79 Å². The molecule has 1 saturated heterocycles. The average Bonchev–Trinajstić information content (AvgIpc) is 2.47. The third-order valence-electron chi connectivity index (χ3n) is 3.53. The van der Waals surface area contributed by atoms with Crippen LogP contribution >= 0.6 is 0 Å². The maximum Gasteiger partial charge on any atom is 0.410 e. The van der Waals surface area contributed by atoms with E-state index in [0.717, 1.165) is 6.54 Å². The van der Waals surface area contributed by atoms with Crippen LogP contribution in [0.1, 0.15) is 41.0 Å². The number of amides is 1. The predicted molar refractivity (Wildman–Crippen MR) is 103 cm³/mol. The molecule has 152 valence electrons. The van der Waals surface area contributed by atoms with Gasteiger partial charge in [0.25, 0.3) is 0 Å². The van der Waals surface area contributed by atoms with Crippen LogP contribution in [0.5, 0.6) is 0 Å². The first kappa shape index (κ1) is 22.5. The van der Waals surface area contributed by atoms with Crippen molar-refractivity contribution in [2.45, 2.75) is 52.7 Å². The van der Waals surface area contributed by atoms with Gasteiger partial charge in [-0.1, -0.05) is 0 Å². The zero-order valence-electron chi connectivity index (χ0n) is 16.5. The number of sulfonamides is 1. The summed E-state index contributed by atoms with van der Waals surface area (Å²) in [5.41, 5.74) is -0.495. The number of nitrogens with one attached hydrogen (secondary N) is 3. The maximum absolute atomic E-state index is 11.9. The first-order valence-electron chi connectivity index (χ1n) is 9.06. The molecule has 9 nitrogen and oxygen atoms in total. The molecule has 1 aliphatic rings. The molecule has 1 heterocycles. The van der Waals surface area contributed by atoms with E-state index in [-0.39, 0.29) is 17.9 Å². The van der Waals surface area contributed by atoms with E-state index < -0.39 is 15.6 Å². The fourth-order valence-electron chi connectivity index (χ4n) is 2.16. The van der Waals surface area contributed by atoms with E-state index in [1.807, 2.05) is 27.7 Å². The molecule has 0 aromatic rings. The number of rotatable bonds is 8. The number of aliphatic imine (C=N–C) groups is 1. The molecule has 3 N–H and O–H groups in total. The lowest BCUT2D eigenvalue weighted by Gasteiger charge is -2.40. The minimum Gasteiger partial charge on any atom is -0.444 e. The minimum absolute atomic E-state index is 0.0797. The number of nitrogens with zero attached hydrogens (tertiary/aromatic N) is 2. The van der Waals surface area contributed by atoms with Gasteiger partial charge in [-0.3, -0.25) is 4.99 Å². The lowest BCUT2D eigenvalue weighted by atomic mass is 10.1. The van der Waals surface area contributed by atoms with Crippen LogP contribution < -0.4 is 15.4 Å². The van der Waals surface area contributed by atoms with E-state index in [4.69, 9.17) is 4.74 Å². The molecule has 10 heteroatoms. The summed E-state index contributed by atoms with van der Waals surface area (Å²) in [6.07, 6.45) is 0.311. The first-order valence-corrected chi connectivity index (χ1v) is 10.7. The summed E-state index contributed by atoms with van der Waals surface area (Å²) in [6, 6.07) is 0.124. The highest BCUT2D eigenvalue weighted by Gasteiger charge is 2.34. The Kier molecular flexibility index (Phi) is 8.61. The highest BCUT2D eigenvalue weighted by Crippen LogP contribution is 2.15. The van der Waals surface area contributed by atoms with E-state index in [0.29, 0.717) is 38.6 Å². The lowest BCUT2D eigenvalue weighted by Crippen LogP contribution is -2.63. The summed E-state index contributed by atoms with van der Waals surface area (Å²) in [7, 11) is -3.15. The van der Waals surface area contributed by atoms with Crippen molar-refractivity contribution < 1.29 is 17.9 Å². The van der Waals surface area contributed by atoms with Crippen molar-refractivity contribution in [1.29, 1.82) is 0 Å². The van der Waals surface area contributed by atoms with Crippen molar-refractivity contribution >= 4 is 22.1 Å². The average molecular weight is 392 g/mol. The summed E-state index contributed by atoms with van der Waals surface area (Å²) in [5.74, 6) is 0.746. The smallest absolute Gasteiger partial charge is 0.410 e. The fourth-order valence-corrected chi connectivity index (χ4v) is 2.82. The largest absolute Gasteiger partial charge is 0.444 e. The SMILES string of the molecule is CCNC(=NCCCNS(=O)(=O)CC)NC1CN(C(=O)OC(C)(C)C)C1. The standard InChI is InChI=1S/C16H33N5O4S/c1-6-17-14(18-9-8-10-19-26(23,24)7-2)20-13-11-21(12-13)15(22)25-16(3,4)5/h13,19H,6-12H2,1-5H3,(H2,17,18,20). The monoisotopic (exact) mass is 391 g/mol. The second-order valence-electron chi connectivity index (χ2n) is 7.14. The van der Waals surface area contributed by atoms with Crippen LogP contribution in [0.2, 0.25) is 0 Å². The summed E-state index contributed by atoms with van der Waals surface area (Å²) < 4.78 is 30.5. The molecule has 0 atom stereocenters. The molecule has 0 aromatic carbocycles. The predicted octanol–water partition coefficient (Wildman–Crippen LogP) is 0.490. The molecule has 26 heavy (non-hydrogen) atoms. The van der Waals surface area contributed by atoms with Crippen molar-refractivity contribution in [1.82, 2.24) is 20.3 Å². The van der Waals surface area contributed by atoms with Gasteiger partial charge in [0.05, 0.1) is 11.8 Å². The van der Waals surface area contributed by atoms with Gasteiger partial charge in [-0.25, -0.2) is 17.9 Å². The van der Waals surface area contributed by atoms with Crippen LogP contribution in [0.3, 0.4) is 0 Å². The maximum atomic E-state index is 11.9. The number of guanidine groups is 1. The number of likely N-dealkylation sites (tertiary alicyclic amines) is 1. The van der Waals surface area contributed by atoms with Crippen molar-refractivity contribution in [3.8, 4) is 0 Å². The Morgan fingerprint density at radius 2 is 1.92 bits per heavy atom. The number of ether oxygens (including phenoxy) is 1. The molecule has 0 spiro atoms. The van der Waals surface area contributed by atoms with Gasteiger partial charge in [0.2, 0.25) is 10.0 Å². The van der Waals surface area contributed by atoms with Gasteiger partial charge >= 0.3 is 6.09 Å². The molecule has 0 saturated carbocycles. The molecule has 0 aliphatic carbocycles. The molecule has 0 radical (unpaired) electrons. The topological polar surface area (TPSA) is 112 Å². The Morgan fingerprint density at radius 3 is 2.46 bits per heavy atom. The van der Waals surface area contributed by atoms with Crippen LogP contribution in [0.25, 0.3) is 0 Å². The van der Waals surface area contributed by atoms with Gasteiger partial charge < -0.3 is 20.3 Å². The lowest BCUT2D eigenvalue weighted by molar-refractivity contribution is 0.00700. The number of hydrogen-bond donors (Lipinski definition) is 3. The first-order chi connectivity index (χ1) is 12.1. The van der Waals surface area contributed by atoms with E-state index >= 15 is 0 Å².